The van der Waals surface area contributed by atoms with Crippen LogP contribution in [0.5, 0.6) is 0 Å². The van der Waals surface area contributed by atoms with Crippen LogP contribution < -0.4 is 5.56 Å². The van der Waals surface area contributed by atoms with Crippen LogP contribution in [0.4, 0.5) is 5.69 Å². The molecular weight excluding hydrogens is 302 g/mol. The third-order valence-corrected chi connectivity index (χ3v) is 4.67. The Morgan fingerprint density at radius 2 is 2.18 bits per heavy atom. The molecule has 3 aromatic rings. The first-order valence-corrected chi connectivity index (χ1v) is 7.60. The van der Waals surface area contributed by atoms with E-state index >= 15 is 0 Å². The highest BCUT2D eigenvalue weighted by molar-refractivity contribution is 7.13. The number of aromatic nitrogens is 2. The SMILES string of the molecule is CCC(c1ccccn1)n1sc2ccc([N+](=O)[O-])cc2c1=O. The van der Waals surface area contributed by atoms with Gasteiger partial charge >= 0.3 is 0 Å². The number of rotatable bonds is 4. The fourth-order valence-corrected chi connectivity index (χ4v) is 3.57. The standard InChI is InChI=1S/C15H13N3O3S/c1-2-13(12-5-3-4-8-16-12)17-15(19)11-9-10(18(20)21)6-7-14(11)22-17/h3-9,13H,2H2,1H3. The number of non-ortho nitro benzene ring substituents is 1. The Labute approximate surface area is 130 Å². The molecule has 0 saturated heterocycles. The number of nitro groups is 1. The largest absolute Gasteiger partial charge is 0.270 e. The maximum absolute atomic E-state index is 12.6. The van der Waals surface area contributed by atoms with Gasteiger partial charge in [0.25, 0.3) is 11.2 Å². The molecule has 112 valence electrons. The summed E-state index contributed by atoms with van der Waals surface area (Å²) in [5.41, 5.74) is 0.537. The van der Waals surface area contributed by atoms with E-state index in [-0.39, 0.29) is 17.3 Å². The first-order valence-electron chi connectivity index (χ1n) is 6.82. The lowest BCUT2D eigenvalue weighted by molar-refractivity contribution is -0.384. The van der Waals surface area contributed by atoms with Crippen LogP contribution in [0.15, 0.2) is 47.4 Å². The quantitative estimate of drug-likeness (QED) is 0.546. The van der Waals surface area contributed by atoms with Crippen molar-refractivity contribution in [2.24, 2.45) is 0 Å². The van der Waals surface area contributed by atoms with Crippen LogP contribution in [-0.4, -0.2) is 13.9 Å². The van der Waals surface area contributed by atoms with Crippen molar-refractivity contribution in [3.05, 3.63) is 68.8 Å². The lowest BCUT2D eigenvalue weighted by Crippen LogP contribution is -2.20. The molecule has 0 N–H and O–H groups in total. The first kappa shape index (κ1) is 14.4. The summed E-state index contributed by atoms with van der Waals surface area (Å²) in [5, 5.41) is 11.2. The average molecular weight is 315 g/mol. The minimum Gasteiger partial charge on any atom is -0.268 e. The van der Waals surface area contributed by atoms with E-state index in [2.05, 4.69) is 4.98 Å². The zero-order chi connectivity index (χ0) is 15.7. The summed E-state index contributed by atoms with van der Waals surface area (Å²) in [6.45, 7) is 1.98. The van der Waals surface area contributed by atoms with Gasteiger partial charge in [-0.25, -0.2) is 0 Å². The first-order chi connectivity index (χ1) is 10.6. The number of fused-ring (bicyclic) bond motifs is 1. The highest BCUT2D eigenvalue weighted by Gasteiger charge is 2.19. The Morgan fingerprint density at radius 1 is 1.36 bits per heavy atom. The summed E-state index contributed by atoms with van der Waals surface area (Å²) >= 11 is 1.31. The minimum absolute atomic E-state index is 0.0690. The molecule has 1 atom stereocenters. The summed E-state index contributed by atoms with van der Waals surface area (Å²) in [6, 6.07) is 9.82. The maximum Gasteiger partial charge on any atom is 0.270 e. The van der Waals surface area contributed by atoms with Gasteiger partial charge in [0.15, 0.2) is 0 Å². The molecule has 0 spiro atoms. The summed E-state index contributed by atoms with van der Waals surface area (Å²) in [6.07, 6.45) is 2.41. The van der Waals surface area contributed by atoms with Gasteiger partial charge in [-0.15, -0.1) is 0 Å². The van der Waals surface area contributed by atoms with Gasteiger partial charge in [0.05, 0.1) is 26.7 Å². The molecule has 3 rings (SSSR count). The summed E-state index contributed by atoms with van der Waals surface area (Å²) in [5.74, 6) is 0. The number of hydrogen-bond acceptors (Lipinski definition) is 5. The monoisotopic (exact) mass is 315 g/mol. The molecule has 2 heterocycles. The number of benzene rings is 1. The molecule has 2 aromatic heterocycles. The summed E-state index contributed by atoms with van der Waals surface area (Å²) in [4.78, 5) is 27.3. The van der Waals surface area contributed by atoms with Crippen LogP contribution in [0.25, 0.3) is 10.1 Å². The molecule has 0 saturated carbocycles. The average Bonchev–Trinajstić information content (AvgIpc) is 2.86. The van der Waals surface area contributed by atoms with Crippen molar-refractivity contribution in [3.8, 4) is 0 Å². The molecule has 0 amide bonds. The molecule has 0 aliphatic rings. The van der Waals surface area contributed by atoms with Crippen LogP contribution in [0.1, 0.15) is 25.1 Å². The topological polar surface area (TPSA) is 78.0 Å². The normalized spacial score (nSPS) is 12.4. The second-order valence-electron chi connectivity index (χ2n) is 4.84. The Morgan fingerprint density at radius 3 is 2.82 bits per heavy atom. The predicted molar refractivity (Wildman–Crippen MR) is 85.4 cm³/mol. The molecule has 1 unspecified atom stereocenters. The molecule has 0 bridgehead atoms. The van der Waals surface area contributed by atoms with E-state index in [4.69, 9.17) is 0 Å². The fourth-order valence-electron chi connectivity index (χ4n) is 2.42. The number of pyridine rings is 1. The van der Waals surface area contributed by atoms with Gasteiger partial charge in [0.2, 0.25) is 0 Å². The minimum atomic E-state index is -0.489. The maximum atomic E-state index is 12.6. The van der Waals surface area contributed by atoms with E-state index in [1.807, 2.05) is 25.1 Å². The van der Waals surface area contributed by atoms with Crippen molar-refractivity contribution in [1.29, 1.82) is 0 Å². The lowest BCUT2D eigenvalue weighted by Gasteiger charge is -2.13. The highest BCUT2D eigenvalue weighted by atomic mass is 32.1. The molecule has 6 nitrogen and oxygen atoms in total. The summed E-state index contributed by atoms with van der Waals surface area (Å²) < 4.78 is 2.39. The van der Waals surface area contributed by atoms with E-state index in [9.17, 15) is 14.9 Å². The predicted octanol–water partition coefficient (Wildman–Crippen LogP) is 3.37. The zero-order valence-electron chi connectivity index (χ0n) is 11.8. The smallest absolute Gasteiger partial charge is 0.268 e. The van der Waals surface area contributed by atoms with Gasteiger partial charge in [0.1, 0.15) is 0 Å². The van der Waals surface area contributed by atoms with Crippen molar-refractivity contribution in [1.82, 2.24) is 8.94 Å². The van der Waals surface area contributed by atoms with Crippen molar-refractivity contribution in [3.63, 3.8) is 0 Å². The van der Waals surface area contributed by atoms with Crippen molar-refractivity contribution < 1.29 is 4.92 Å². The second kappa shape index (κ2) is 5.69. The van der Waals surface area contributed by atoms with E-state index in [0.29, 0.717) is 11.8 Å². The Bertz CT molecular complexity index is 886. The van der Waals surface area contributed by atoms with Gasteiger partial charge in [-0.1, -0.05) is 24.5 Å². The van der Waals surface area contributed by atoms with E-state index in [0.717, 1.165) is 10.4 Å². The van der Waals surface area contributed by atoms with Crippen molar-refractivity contribution in [2.75, 3.05) is 0 Å². The van der Waals surface area contributed by atoms with E-state index < -0.39 is 4.92 Å². The van der Waals surface area contributed by atoms with Gasteiger partial charge < -0.3 is 0 Å². The molecule has 0 fully saturated rings. The van der Waals surface area contributed by atoms with Crippen LogP contribution in [0, 0.1) is 10.1 Å². The Balaban J connectivity index is 2.17. The zero-order valence-corrected chi connectivity index (χ0v) is 12.6. The third kappa shape index (κ3) is 2.39. The van der Waals surface area contributed by atoms with Crippen LogP contribution >= 0.6 is 11.5 Å². The van der Waals surface area contributed by atoms with E-state index in [1.54, 1.807) is 16.2 Å². The van der Waals surface area contributed by atoms with Gasteiger partial charge in [-0.05, 0) is 24.6 Å². The van der Waals surface area contributed by atoms with Gasteiger partial charge in [0, 0.05) is 18.3 Å². The van der Waals surface area contributed by atoms with Crippen LogP contribution in [0.3, 0.4) is 0 Å². The molecule has 0 radical (unpaired) electrons. The lowest BCUT2D eigenvalue weighted by atomic mass is 10.1. The molecule has 7 heteroatoms. The second-order valence-corrected chi connectivity index (χ2v) is 5.85. The van der Waals surface area contributed by atoms with Crippen LogP contribution in [0.2, 0.25) is 0 Å². The molecule has 0 aliphatic heterocycles. The van der Waals surface area contributed by atoms with Crippen molar-refractivity contribution >= 4 is 27.3 Å². The Hall–Kier alpha value is -2.54. The van der Waals surface area contributed by atoms with Gasteiger partial charge in [-0.3, -0.25) is 23.8 Å². The Kier molecular flexibility index (Phi) is 3.72. The molecule has 22 heavy (non-hydrogen) atoms. The van der Waals surface area contributed by atoms with Crippen molar-refractivity contribution in [2.45, 2.75) is 19.4 Å². The number of hydrogen-bond donors (Lipinski definition) is 0. The number of nitrogens with zero attached hydrogens (tertiary/aromatic N) is 3. The van der Waals surface area contributed by atoms with E-state index in [1.165, 1.54) is 23.7 Å². The summed E-state index contributed by atoms with van der Waals surface area (Å²) in [7, 11) is 0. The fraction of sp³-hybridized carbons (Fsp3) is 0.200. The number of nitro benzene ring substituents is 1. The molecule has 1 aromatic carbocycles. The highest BCUT2D eigenvalue weighted by Crippen LogP contribution is 2.27. The van der Waals surface area contributed by atoms with Crippen LogP contribution in [-0.2, 0) is 0 Å². The van der Waals surface area contributed by atoms with Gasteiger partial charge in [-0.2, -0.15) is 0 Å². The third-order valence-electron chi connectivity index (χ3n) is 3.50. The molecule has 0 aliphatic carbocycles. The molecular formula is C15H13N3O3S.